The van der Waals surface area contributed by atoms with Crippen molar-refractivity contribution in [3.8, 4) is 5.75 Å². The molecule has 0 saturated heterocycles. The zero-order chi connectivity index (χ0) is 15.0. The maximum absolute atomic E-state index is 5.92. The summed E-state index contributed by atoms with van der Waals surface area (Å²) in [7, 11) is 0. The largest absolute Gasteiger partial charge is 0.492 e. The molecule has 1 N–H and O–H groups in total. The van der Waals surface area contributed by atoms with Crippen molar-refractivity contribution in [1.82, 2.24) is 5.32 Å². The molecule has 0 radical (unpaired) electrons. The van der Waals surface area contributed by atoms with Crippen molar-refractivity contribution in [1.29, 1.82) is 0 Å². The Morgan fingerprint density at radius 1 is 1.29 bits per heavy atom. The summed E-state index contributed by atoms with van der Waals surface area (Å²) < 4.78 is 11.3. The van der Waals surface area contributed by atoms with Gasteiger partial charge in [0.1, 0.15) is 11.5 Å². The van der Waals surface area contributed by atoms with Crippen LogP contribution in [0.15, 0.2) is 34.7 Å². The molecule has 3 nitrogen and oxygen atoms in total. The van der Waals surface area contributed by atoms with Gasteiger partial charge in [-0.05, 0) is 48.0 Å². The fourth-order valence-electron chi connectivity index (χ4n) is 2.79. The quantitative estimate of drug-likeness (QED) is 0.914. The Labute approximate surface area is 130 Å². The van der Waals surface area contributed by atoms with Crippen LogP contribution in [-0.2, 0) is 5.41 Å². The standard InChI is InChI=1S/C17H20ClNO2/c1-4-19-16(14-7-8-15(18)21-14)11-5-6-13-12(9-11)17(2,3)10-20-13/h5-9,16,19H,4,10H2,1-3H3. The minimum atomic E-state index is 0.00389. The summed E-state index contributed by atoms with van der Waals surface area (Å²) in [5.41, 5.74) is 2.46. The third-order valence-electron chi connectivity index (χ3n) is 3.94. The summed E-state index contributed by atoms with van der Waals surface area (Å²) in [6.07, 6.45) is 0. The summed E-state index contributed by atoms with van der Waals surface area (Å²) >= 11 is 5.92. The molecule has 21 heavy (non-hydrogen) atoms. The van der Waals surface area contributed by atoms with E-state index in [9.17, 15) is 0 Å². The molecule has 4 heteroatoms. The fourth-order valence-corrected chi connectivity index (χ4v) is 2.94. The lowest BCUT2D eigenvalue weighted by molar-refractivity contribution is 0.291. The first-order chi connectivity index (χ1) is 10.0. The van der Waals surface area contributed by atoms with E-state index in [4.69, 9.17) is 20.8 Å². The van der Waals surface area contributed by atoms with Crippen molar-refractivity contribution in [3.63, 3.8) is 0 Å². The molecule has 1 unspecified atom stereocenters. The van der Waals surface area contributed by atoms with E-state index >= 15 is 0 Å². The maximum atomic E-state index is 5.92. The monoisotopic (exact) mass is 305 g/mol. The highest BCUT2D eigenvalue weighted by Gasteiger charge is 2.32. The maximum Gasteiger partial charge on any atom is 0.193 e. The molecule has 1 aliphatic heterocycles. The fraction of sp³-hybridized carbons (Fsp3) is 0.412. The van der Waals surface area contributed by atoms with Gasteiger partial charge in [0.15, 0.2) is 5.22 Å². The second-order valence-corrected chi connectivity index (χ2v) is 6.43. The minimum Gasteiger partial charge on any atom is -0.492 e. The molecule has 2 heterocycles. The number of hydrogen-bond acceptors (Lipinski definition) is 3. The topological polar surface area (TPSA) is 34.4 Å². The van der Waals surface area contributed by atoms with Crippen LogP contribution in [0.3, 0.4) is 0 Å². The molecule has 3 rings (SSSR count). The molecule has 0 fully saturated rings. The van der Waals surface area contributed by atoms with Crippen LogP contribution in [-0.4, -0.2) is 13.2 Å². The van der Waals surface area contributed by atoms with E-state index in [1.54, 1.807) is 6.07 Å². The van der Waals surface area contributed by atoms with Crippen LogP contribution in [0.2, 0.25) is 5.22 Å². The first-order valence-electron chi connectivity index (χ1n) is 7.27. The highest BCUT2D eigenvalue weighted by molar-refractivity contribution is 6.28. The zero-order valence-corrected chi connectivity index (χ0v) is 13.3. The van der Waals surface area contributed by atoms with Gasteiger partial charge >= 0.3 is 0 Å². The number of nitrogens with one attached hydrogen (secondary N) is 1. The molecule has 0 spiro atoms. The van der Waals surface area contributed by atoms with E-state index < -0.39 is 0 Å². The average Bonchev–Trinajstić information content (AvgIpc) is 3.00. The van der Waals surface area contributed by atoms with Crippen LogP contribution in [0.4, 0.5) is 0 Å². The Hall–Kier alpha value is -1.45. The Morgan fingerprint density at radius 3 is 2.76 bits per heavy atom. The van der Waals surface area contributed by atoms with Crippen LogP contribution in [0.25, 0.3) is 0 Å². The molecule has 1 atom stereocenters. The number of ether oxygens (including phenoxy) is 1. The van der Waals surface area contributed by atoms with E-state index in [0.29, 0.717) is 5.22 Å². The Morgan fingerprint density at radius 2 is 2.10 bits per heavy atom. The molecule has 1 aromatic heterocycles. The summed E-state index contributed by atoms with van der Waals surface area (Å²) in [5, 5.41) is 3.87. The molecule has 2 aromatic rings. The molecule has 1 aromatic carbocycles. The van der Waals surface area contributed by atoms with Gasteiger partial charge in [0.25, 0.3) is 0 Å². The van der Waals surface area contributed by atoms with E-state index in [1.807, 2.05) is 12.1 Å². The molecule has 1 aliphatic rings. The van der Waals surface area contributed by atoms with Crippen molar-refractivity contribution >= 4 is 11.6 Å². The van der Waals surface area contributed by atoms with Gasteiger partial charge in [0.05, 0.1) is 12.6 Å². The third kappa shape index (κ3) is 2.68. The Bertz CT molecular complexity index is 648. The molecule has 0 amide bonds. The van der Waals surface area contributed by atoms with Crippen LogP contribution >= 0.6 is 11.6 Å². The number of fused-ring (bicyclic) bond motifs is 1. The van der Waals surface area contributed by atoms with Crippen molar-refractivity contribution in [3.05, 3.63) is 52.4 Å². The Kier molecular flexibility index (Phi) is 3.72. The molecule has 0 bridgehead atoms. The van der Waals surface area contributed by atoms with Gasteiger partial charge in [-0.3, -0.25) is 0 Å². The van der Waals surface area contributed by atoms with Crippen LogP contribution in [0.5, 0.6) is 5.75 Å². The van der Waals surface area contributed by atoms with Crippen molar-refractivity contribution < 1.29 is 9.15 Å². The van der Waals surface area contributed by atoms with Crippen LogP contribution in [0, 0.1) is 0 Å². The normalized spacial score (nSPS) is 17.3. The molecule has 0 saturated carbocycles. The lowest BCUT2D eigenvalue weighted by Gasteiger charge is -2.20. The van der Waals surface area contributed by atoms with Crippen LogP contribution < -0.4 is 10.1 Å². The van der Waals surface area contributed by atoms with Gasteiger partial charge in [-0.2, -0.15) is 0 Å². The van der Waals surface area contributed by atoms with Gasteiger partial charge in [0.2, 0.25) is 0 Å². The van der Waals surface area contributed by atoms with Crippen molar-refractivity contribution in [2.45, 2.75) is 32.2 Å². The lowest BCUT2D eigenvalue weighted by atomic mass is 9.85. The van der Waals surface area contributed by atoms with Gasteiger partial charge < -0.3 is 14.5 Å². The molecular weight excluding hydrogens is 286 g/mol. The van der Waals surface area contributed by atoms with Gasteiger partial charge in [-0.25, -0.2) is 0 Å². The lowest BCUT2D eigenvalue weighted by Crippen LogP contribution is -2.22. The minimum absolute atomic E-state index is 0.00389. The Balaban J connectivity index is 2.01. The van der Waals surface area contributed by atoms with E-state index in [-0.39, 0.29) is 11.5 Å². The predicted octanol–water partition coefficient (Wildman–Crippen LogP) is 4.30. The van der Waals surface area contributed by atoms with E-state index in [0.717, 1.165) is 24.7 Å². The average molecular weight is 306 g/mol. The zero-order valence-electron chi connectivity index (χ0n) is 12.6. The predicted molar refractivity (Wildman–Crippen MR) is 84.2 cm³/mol. The number of hydrogen-bond donors (Lipinski definition) is 1. The molecular formula is C17H20ClNO2. The van der Waals surface area contributed by atoms with Crippen molar-refractivity contribution in [2.75, 3.05) is 13.2 Å². The molecule has 112 valence electrons. The van der Waals surface area contributed by atoms with Gasteiger partial charge in [-0.1, -0.05) is 26.8 Å². The summed E-state index contributed by atoms with van der Waals surface area (Å²) in [6, 6.07) is 10.1. The van der Waals surface area contributed by atoms with Crippen molar-refractivity contribution in [2.24, 2.45) is 0 Å². The van der Waals surface area contributed by atoms with Gasteiger partial charge in [-0.15, -0.1) is 0 Å². The van der Waals surface area contributed by atoms with E-state index in [1.165, 1.54) is 11.1 Å². The van der Waals surface area contributed by atoms with Gasteiger partial charge in [0, 0.05) is 11.0 Å². The first-order valence-corrected chi connectivity index (χ1v) is 7.65. The number of benzene rings is 1. The highest BCUT2D eigenvalue weighted by Crippen LogP contribution is 2.40. The summed E-state index contributed by atoms with van der Waals surface area (Å²) in [6.45, 7) is 8.06. The highest BCUT2D eigenvalue weighted by atomic mass is 35.5. The van der Waals surface area contributed by atoms with Crippen LogP contribution in [0.1, 0.15) is 43.7 Å². The second kappa shape index (κ2) is 5.39. The second-order valence-electron chi connectivity index (χ2n) is 6.06. The summed E-state index contributed by atoms with van der Waals surface area (Å²) in [4.78, 5) is 0. The number of halogens is 1. The van der Waals surface area contributed by atoms with E-state index in [2.05, 4.69) is 38.2 Å². The summed E-state index contributed by atoms with van der Waals surface area (Å²) in [5.74, 6) is 1.81. The SMILES string of the molecule is CCNC(c1ccc2c(c1)C(C)(C)CO2)c1ccc(Cl)o1. The molecule has 0 aliphatic carbocycles. The third-order valence-corrected chi connectivity index (χ3v) is 4.14. The smallest absolute Gasteiger partial charge is 0.193 e. The number of furan rings is 1. The first kappa shape index (κ1) is 14.5. The number of rotatable bonds is 4.